The second-order valence-electron chi connectivity index (χ2n) is 10.7. The molecule has 0 radical (unpaired) electrons. The molecule has 0 bridgehead atoms. The first-order chi connectivity index (χ1) is 18.9. The van der Waals surface area contributed by atoms with Gasteiger partial charge < -0.3 is 24.8 Å². The molecule has 0 aliphatic carbocycles. The van der Waals surface area contributed by atoms with E-state index in [9.17, 15) is 19.2 Å². The van der Waals surface area contributed by atoms with Crippen molar-refractivity contribution in [2.45, 2.75) is 58.3 Å². The van der Waals surface area contributed by atoms with E-state index in [1.165, 1.54) is 5.56 Å². The number of nitrogens with zero attached hydrogens (tertiary/aromatic N) is 3. The summed E-state index contributed by atoms with van der Waals surface area (Å²) in [7, 11) is 0. The average Bonchev–Trinajstić information content (AvgIpc) is 3.36. The number of morpholine rings is 1. The summed E-state index contributed by atoms with van der Waals surface area (Å²) in [6, 6.07) is 10.3. The number of likely N-dealkylation sites (tertiary alicyclic amines) is 1. The van der Waals surface area contributed by atoms with Crippen molar-refractivity contribution in [2.24, 2.45) is 5.92 Å². The van der Waals surface area contributed by atoms with Crippen LogP contribution in [0.2, 0.25) is 0 Å². The van der Waals surface area contributed by atoms with Crippen molar-refractivity contribution >= 4 is 23.6 Å². The van der Waals surface area contributed by atoms with Gasteiger partial charge in [0.25, 0.3) is 5.91 Å². The van der Waals surface area contributed by atoms with Crippen LogP contribution in [-0.4, -0.2) is 90.8 Å². The summed E-state index contributed by atoms with van der Waals surface area (Å²) in [5.41, 5.74) is 2.56. The SMILES string of the molecule is CC1=C(C(=O)N2CCOCC2)CC(CC(=O)NCCCCc2ccccc2)C(=O)N1CCCN1CCCC1=O. The number of carbonyl (C=O) groups is 4. The van der Waals surface area contributed by atoms with Gasteiger partial charge in [0.1, 0.15) is 0 Å². The topological polar surface area (TPSA) is 99.3 Å². The molecule has 3 heterocycles. The first kappa shape index (κ1) is 28.8. The van der Waals surface area contributed by atoms with E-state index < -0.39 is 5.92 Å². The summed E-state index contributed by atoms with van der Waals surface area (Å²) >= 11 is 0. The maximum absolute atomic E-state index is 13.5. The van der Waals surface area contributed by atoms with Gasteiger partial charge in [0.05, 0.1) is 19.1 Å². The Morgan fingerprint density at radius 2 is 1.77 bits per heavy atom. The largest absolute Gasteiger partial charge is 0.378 e. The molecule has 0 aromatic heterocycles. The van der Waals surface area contributed by atoms with Crippen LogP contribution in [-0.2, 0) is 30.3 Å². The molecular formula is C30H42N4O5. The number of aryl methyl sites for hydroxylation is 1. The monoisotopic (exact) mass is 538 g/mol. The van der Waals surface area contributed by atoms with Crippen molar-refractivity contribution in [1.82, 2.24) is 20.0 Å². The number of hydrogen-bond donors (Lipinski definition) is 1. The fraction of sp³-hybridized carbons (Fsp3) is 0.600. The highest BCUT2D eigenvalue weighted by Crippen LogP contribution is 2.31. The lowest BCUT2D eigenvalue weighted by Gasteiger charge is -2.37. The van der Waals surface area contributed by atoms with Crippen molar-refractivity contribution in [2.75, 3.05) is 52.5 Å². The van der Waals surface area contributed by atoms with Crippen LogP contribution >= 0.6 is 0 Å². The molecule has 1 unspecified atom stereocenters. The van der Waals surface area contributed by atoms with Crippen LogP contribution < -0.4 is 5.32 Å². The Balaban J connectivity index is 1.34. The lowest BCUT2D eigenvalue weighted by atomic mass is 9.88. The molecule has 3 aliphatic heterocycles. The summed E-state index contributed by atoms with van der Waals surface area (Å²) < 4.78 is 5.41. The Hall–Kier alpha value is -3.20. The molecule has 1 atom stereocenters. The van der Waals surface area contributed by atoms with Gasteiger partial charge in [0.15, 0.2) is 0 Å². The summed E-state index contributed by atoms with van der Waals surface area (Å²) in [4.78, 5) is 57.1. The zero-order valence-corrected chi connectivity index (χ0v) is 23.2. The summed E-state index contributed by atoms with van der Waals surface area (Å²) in [6.07, 6.45) is 5.22. The molecule has 9 nitrogen and oxygen atoms in total. The maximum atomic E-state index is 13.5. The van der Waals surface area contributed by atoms with Crippen LogP contribution in [0.3, 0.4) is 0 Å². The van der Waals surface area contributed by atoms with Crippen LogP contribution in [0.15, 0.2) is 41.6 Å². The number of hydrogen-bond acceptors (Lipinski definition) is 5. The summed E-state index contributed by atoms with van der Waals surface area (Å²) in [6.45, 7) is 6.22. The van der Waals surface area contributed by atoms with Crippen LogP contribution in [0.4, 0.5) is 0 Å². The third kappa shape index (κ3) is 7.91. The molecule has 212 valence electrons. The highest BCUT2D eigenvalue weighted by Gasteiger charge is 2.37. The molecule has 3 aliphatic rings. The van der Waals surface area contributed by atoms with E-state index in [-0.39, 0.29) is 36.5 Å². The highest BCUT2D eigenvalue weighted by atomic mass is 16.5. The Labute approximate surface area is 231 Å². The number of allylic oxidation sites excluding steroid dienone is 1. The van der Waals surface area contributed by atoms with Gasteiger partial charge in [-0.3, -0.25) is 19.2 Å². The third-order valence-corrected chi connectivity index (χ3v) is 7.93. The van der Waals surface area contributed by atoms with Crippen molar-refractivity contribution in [3.8, 4) is 0 Å². The molecule has 39 heavy (non-hydrogen) atoms. The average molecular weight is 539 g/mol. The molecule has 4 rings (SSSR count). The molecule has 2 fully saturated rings. The van der Waals surface area contributed by atoms with Gasteiger partial charge in [0, 0.05) is 63.4 Å². The molecule has 0 spiro atoms. The molecule has 2 saturated heterocycles. The molecule has 1 N–H and O–H groups in total. The lowest BCUT2D eigenvalue weighted by molar-refractivity contribution is -0.139. The first-order valence-electron chi connectivity index (χ1n) is 14.4. The second kappa shape index (κ2) is 14.3. The van der Waals surface area contributed by atoms with Gasteiger partial charge in [-0.25, -0.2) is 0 Å². The smallest absolute Gasteiger partial charge is 0.251 e. The number of unbranched alkanes of at least 4 members (excludes halogenated alkanes) is 1. The Bertz CT molecular complexity index is 1050. The van der Waals surface area contributed by atoms with E-state index in [1.54, 1.807) is 9.80 Å². The quantitative estimate of drug-likeness (QED) is 0.413. The van der Waals surface area contributed by atoms with Gasteiger partial charge in [-0.1, -0.05) is 30.3 Å². The highest BCUT2D eigenvalue weighted by molar-refractivity contribution is 5.98. The fourth-order valence-electron chi connectivity index (χ4n) is 5.65. The van der Waals surface area contributed by atoms with Crippen LogP contribution in [0.1, 0.15) is 57.4 Å². The number of carbonyl (C=O) groups excluding carboxylic acids is 4. The molecule has 1 aromatic carbocycles. The molecular weight excluding hydrogens is 496 g/mol. The van der Waals surface area contributed by atoms with Gasteiger partial charge in [-0.15, -0.1) is 0 Å². The van der Waals surface area contributed by atoms with Crippen LogP contribution in [0, 0.1) is 5.92 Å². The molecule has 4 amide bonds. The number of ether oxygens (including phenoxy) is 1. The van der Waals surface area contributed by atoms with Crippen molar-refractivity contribution in [3.05, 3.63) is 47.2 Å². The normalized spacial score (nSPS) is 20.1. The number of nitrogens with one attached hydrogen (secondary N) is 1. The molecule has 9 heteroatoms. The first-order valence-corrected chi connectivity index (χ1v) is 14.4. The minimum absolute atomic E-state index is 0.0613. The maximum Gasteiger partial charge on any atom is 0.251 e. The van der Waals surface area contributed by atoms with Gasteiger partial charge >= 0.3 is 0 Å². The van der Waals surface area contributed by atoms with Crippen molar-refractivity contribution < 1.29 is 23.9 Å². The van der Waals surface area contributed by atoms with Crippen LogP contribution in [0.25, 0.3) is 0 Å². The minimum atomic E-state index is -0.577. The van der Waals surface area contributed by atoms with Crippen molar-refractivity contribution in [3.63, 3.8) is 0 Å². The zero-order valence-electron chi connectivity index (χ0n) is 23.2. The van der Waals surface area contributed by atoms with E-state index in [0.29, 0.717) is 70.0 Å². The summed E-state index contributed by atoms with van der Waals surface area (Å²) in [5, 5.41) is 2.97. The van der Waals surface area contributed by atoms with Crippen LogP contribution in [0.5, 0.6) is 0 Å². The van der Waals surface area contributed by atoms with Crippen molar-refractivity contribution in [1.29, 1.82) is 0 Å². The number of benzene rings is 1. The van der Waals surface area contributed by atoms with E-state index >= 15 is 0 Å². The predicted octanol–water partition coefficient (Wildman–Crippen LogP) is 2.51. The van der Waals surface area contributed by atoms with Gasteiger partial charge in [0.2, 0.25) is 17.7 Å². The molecule has 0 saturated carbocycles. The van der Waals surface area contributed by atoms with E-state index in [0.717, 1.165) is 32.2 Å². The number of amides is 4. The minimum Gasteiger partial charge on any atom is -0.378 e. The zero-order chi connectivity index (χ0) is 27.6. The lowest BCUT2D eigenvalue weighted by Crippen LogP contribution is -2.47. The van der Waals surface area contributed by atoms with Gasteiger partial charge in [-0.05, 0) is 51.0 Å². The standard InChI is InChI=1S/C30H42N4O5/c1-23-26(30(38)33-17-19-39-20-18-33)21-25(29(37)34(23)16-8-15-32-14-7-12-28(32)36)22-27(35)31-13-6-5-11-24-9-3-2-4-10-24/h2-4,9-10,25H,5-8,11-22H2,1H3,(H,31,35). The fourth-order valence-corrected chi connectivity index (χ4v) is 5.65. The Morgan fingerprint density at radius 3 is 2.49 bits per heavy atom. The van der Waals surface area contributed by atoms with Gasteiger partial charge in [-0.2, -0.15) is 0 Å². The second-order valence-corrected chi connectivity index (χ2v) is 10.7. The van der Waals surface area contributed by atoms with E-state index in [2.05, 4.69) is 17.4 Å². The molecule has 1 aromatic rings. The van der Waals surface area contributed by atoms with E-state index in [4.69, 9.17) is 4.74 Å². The predicted molar refractivity (Wildman–Crippen MR) is 147 cm³/mol. The van der Waals surface area contributed by atoms with E-state index in [1.807, 2.05) is 30.0 Å². The Kier molecular flexibility index (Phi) is 10.5. The third-order valence-electron chi connectivity index (χ3n) is 7.93. The number of rotatable bonds is 12. The Morgan fingerprint density at radius 1 is 1.00 bits per heavy atom. The summed E-state index contributed by atoms with van der Waals surface area (Å²) in [5.74, 6) is -0.763.